The number of rotatable bonds is 9. The number of amides is 5. The first-order chi connectivity index (χ1) is 29.4. The second kappa shape index (κ2) is 15.6. The van der Waals surface area contributed by atoms with E-state index in [0.717, 1.165) is 78.1 Å². The summed E-state index contributed by atoms with van der Waals surface area (Å²) in [6, 6.07) is 16.1. The molecule has 5 amide bonds. The Morgan fingerprint density at radius 3 is 2.36 bits per heavy atom. The lowest BCUT2D eigenvalue weighted by molar-refractivity contribution is -0.136. The Morgan fingerprint density at radius 2 is 1.64 bits per heavy atom. The summed E-state index contributed by atoms with van der Waals surface area (Å²) in [5.74, 6) is -1.73. The highest BCUT2D eigenvalue weighted by molar-refractivity contribution is 6.23. The fourth-order valence-corrected chi connectivity index (χ4v) is 10.1. The number of aromatic amines is 1. The van der Waals surface area contributed by atoms with Crippen molar-refractivity contribution in [1.29, 1.82) is 5.26 Å². The van der Waals surface area contributed by atoms with Gasteiger partial charge in [-0.25, -0.2) is 0 Å². The predicted molar refractivity (Wildman–Crippen MR) is 226 cm³/mol. The Morgan fingerprint density at radius 1 is 0.885 bits per heavy atom. The molecule has 1 unspecified atom stereocenters. The summed E-state index contributed by atoms with van der Waals surface area (Å²) in [6.07, 6.45) is 3.80. The standard InChI is InChI=1S/C47H49N7O7/c1-4-28-23-34-35(47(2,3)43-41(42(34)57)32-9-7-27(26-48)22-36(32)49-43)25-38(28)52-15-13-29(14-16-52)51-17-19-53(20-18-51)40(56)6-5-21-61-30-8-10-31-33(24-30)46(60)54(45(31)59)37-11-12-39(55)50-44(37)58/h7-10,22-25,29,37,49H,4-6,11-21H2,1-3H3,(H,50,55,58). The molecule has 0 spiro atoms. The smallest absolute Gasteiger partial charge is 0.262 e. The fourth-order valence-electron chi connectivity index (χ4n) is 10.1. The van der Waals surface area contributed by atoms with Crippen LogP contribution in [0.3, 0.4) is 0 Å². The summed E-state index contributed by atoms with van der Waals surface area (Å²) in [4.78, 5) is 88.8. The van der Waals surface area contributed by atoms with Crippen molar-refractivity contribution >= 4 is 51.9 Å². The van der Waals surface area contributed by atoms with Crippen molar-refractivity contribution in [1.82, 2.24) is 25.0 Å². The second-order valence-electron chi connectivity index (χ2n) is 17.3. The topological polar surface area (TPSA) is 176 Å². The molecular formula is C47H49N7O7. The number of nitrogens with one attached hydrogen (secondary N) is 2. The molecule has 2 N–H and O–H groups in total. The molecule has 1 aliphatic carbocycles. The van der Waals surface area contributed by atoms with Crippen molar-refractivity contribution in [2.24, 2.45) is 0 Å². The van der Waals surface area contributed by atoms with Gasteiger partial charge in [0.1, 0.15) is 11.8 Å². The van der Waals surface area contributed by atoms with Gasteiger partial charge in [-0.3, -0.25) is 43.9 Å². The van der Waals surface area contributed by atoms with Gasteiger partial charge in [0.25, 0.3) is 11.8 Å². The molecule has 1 atom stereocenters. The molecule has 4 aliphatic heterocycles. The number of carbonyl (C=O) groups excluding carboxylic acids is 6. The number of piperazine rings is 1. The van der Waals surface area contributed by atoms with Crippen LogP contribution in [0.5, 0.6) is 5.75 Å². The minimum atomic E-state index is -1.03. The first kappa shape index (κ1) is 40.1. The number of ether oxygens (including phenoxy) is 1. The van der Waals surface area contributed by atoms with E-state index in [4.69, 9.17) is 4.74 Å². The number of piperidine rings is 2. The molecule has 3 fully saturated rings. The van der Waals surface area contributed by atoms with E-state index in [1.807, 2.05) is 17.0 Å². The number of hydrogen-bond donors (Lipinski definition) is 2. The number of carbonyl (C=O) groups is 6. The van der Waals surface area contributed by atoms with Gasteiger partial charge in [-0.2, -0.15) is 5.26 Å². The van der Waals surface area contributed by atoms with E-state index >= 15 is 0 Å². The van der Waals surface area contributed by atoms with Crippen LogP contribution in [-0.4, -0.2) is 113 Å². The molecular weight excluding hydrogens is 775 g/mol. The number of hydrogen-bond acceptors (Lipinski definition) is 10. The number of nitrogens with zero attached hydrogens (tertiary/aromatic N) is 5. The number of aryl methyl sites for hydroxylation is 1. The molecule has 14 nitrogen and oxygen atoms in total. The summed E-state index contributed by atoms with van der Waals surface area (Å²) in [6.45, 7) is 11.6. The van der Waals surface area contributed by atoms with Gasteiger partial charge in [0, 0.05) is 91.4 Å². The van der Waals surface area contributed by atoms with Crippen molar-refractivity contribution < 1.29 is 33.5 Å². The minimum absolute atomic E-state index is 0.0300. The number of nitriles is 1. The number of imide groups is 2. The number of aromatic nitrogens is 1. The third-order valence-electron chi connectivity index (χ3n) is 13.5. The molecule has 1 aromatic heterocycles. The molecule has 0 radical (unpaired) electrons. The van der Waals surface area contributed by atoms with Crippen LogP contribution in [0.25, 0.3) is 10.9 Å². The predicted octanol–water partition coefficient (Wildman–Crippen LogP) is 4.85. The van der Waals surface area contributed by atoms with Crippen molar-refractivity contribution in [3.63, 3.8) is 0 Å². The zero-order valence-electron chi connectivity index (χ0n) is 34.8. The molecule has 3 aromatic carbocycles. The Labute approximate surface area is 353 Å². The van der Waals surface area contributed by atoms with Crippen LogP contribution in [-0.2, 0) is 26.2 Å². The van der Waals surface area contributed by atoms with E-state index in [1.54, 1.807) is 12.1 Å². The Hall–Kier alpha value is -6.33. The zero-order chi connectivity index (χ0) is 42.7. The van der Waals surface area contributed by atoms with Crippen LogP contribution in [0, 0.1) is 11.3 Å². The first-order valence-corrected chi connectivity index (χ1v) is 21.4. The minimum Gasteiger partial charge on any atom is -0.494 e. The Bertz CT molecular complexity index is 2570. The number of anilines is 1. The van der Waals surface area contributed by atoms with Crippen LogP contribution >= 0.6 is 0 Å². The highest BCUT2D eigenvalue weighted by Crippen LogP contribution is 2.46. The summed E-state index contributed by atoms with van der Waals surface area (Å²) < 4.78 is 5.88. The van der Waals surface area contributed by atoms with Gasteiger partial charge in [-0.1, -0.05) is 26.8 Å². The quantitative estimate of drug-likeness (QED) is 0.176. The van der Waals surface area contributed by atoms with Crippen molar-refractivity contribution in [3.8, 4) is 11.8 Å². The highest BCUT2D eigenvalue weighted by Gasteiger charge is 2.45. The second-order valence-corrected chi connectivity index (χ2v) is 17.3. The van der Waals surface area contributed by atoms with Gasteiger partial charge < -0.3 is 19.5 Å². The van der Waals surface area contributed by atoms with Crippen molar-refractivity contribution in [2.45, 2.75) is 83.2 Å². The molecule has 3 saturated heterocycles. The van der Waals surface area contributed by atoms with Gasteiger partial charge in [-0.05, 0) is 85.7 Å². The van der Waals surface area contributed by atoms with E-state index in [-0.39, 0.29) is 42.3 Å². The lowest BCUT2D eigenvalue weighted by Gasteiger charge is -2.44. The number of H-pyrrole nitrogens is 1. The van der Waals surface area contributed by atoms with Gasteiger partial charge in [0.15, 0.2) is 5.78 Å². The molecule has 0 bridgehead atoms. The van der Waals surface area contributed by atoms with Gasteiger partial charge in [0.05, 0.1) is 34.9 Å². The molecule has 5 heterocycles. The van der Waals surface area contributed by atoms with Gasteiger partial charge in [0.2, 0.25) is 17.7 Å². The number of benzene rings is 3. The lowest BCUT2D eigenvalue weighted by Crippen LogP contribution is -2.54. The number of ketones is 1. The number of fused-ring (bicyclic) bond motifs is 5. The fraction of sp³-hybridized carbons (Fsp3) is 0.426. The third-order valence-corrected chi connectivity index (χ3v) is 13.5. The SMILES string of the molecule is CCc1cc2c(cc1N1CCC(N3CCN(C(=O)CCCOc4ccc5c(c4)C(=O)N(C4CCC(=O)NC4=O)C5=O)CC3)CC1)C(C)(C)c1[nH]c3cc(C#N)ccc3c1C2=O. The van der Waals surface area contributed by atoms with Gasteiger partial charge >= 0.3 is 0 Å². The van der Waals surface area contributed by atoms with Crippen molar-refractivity contribution in [2.75, 3.05) is 50.8 Å². The molecule has 5 aliphatic rings. The van der Waals surface area contributed by atoms with E-state index in [1.165, 1.54) is 23.4 Å². The van der Waals surface area contributed by atoms with Crippen LogP contribution in [0.4, 0.5) is 5.69 Å². The third kappa shape index (κ3) is 6.94. The molecule has 14 heteroatoms. The highest BCUT2D eigenvalue weighted by atomic mass is 16.5. The molecule has 314 valence electrons. The largest absolute Gasteiger partial charge is 0.494 e. The monoisotopic (exact) mass is 823 g/mol. The summed E-state index contributed by atoms with van der Waals surface area (Å²) >= 11 is 0. The normalized spacial score (nSPS) is 20.4. The maximum Gasteiger partial charge on any atom is 0.262 e. The Kier molecular flexibility index (Phi) is 10.3. The van der Waals surface area contributed by atoms with Crippen LogP contribution in [0.15, 0.2) is 48.5 Å². The van der Waals surface area contributed by atoms with Crippen LogP contribution in [0.1, 0.15) is 118 Å². The van der Waals surface area contributed by atoms with E-state index in [2.05, 4.69) is 59.1 Å². The van der Waals surface area contributed by atoms with Crippen LogP contribution in [0.2, 0.25) is 0 Å². The summed E-state index contributed by atoms with van der Waals surface area (Å²) in [5.41, 5.74) is 7.02. The maximum atomic E-state index is 14.1. The van der Waals surface area contributed by atoms with E-state index < -0.39 is 35.1 Å². The maximum absolute atomic E-state index is 14.1. The molecule has 0 saturated carbocycles. The summed E-state index contributed by atoms with van der Waals surface area (Å²) in [5, 5.41) is 12.5. The van der Waals surface area contributed by atoms with Crippen molar-refractivity contribution in [3.05, 3.63) is 93.2 Å². The molecule has 61 heavy (non-hydrogen) atoms. The van der Waals surface area contributed by atoms with Gasteiger partial charge in [-0.15, -0.1) is 0 Å². The van der Waals surface area contributed by atoms with E-state index in [9.17, 15) is 34.0 Å². The molecule has 4 aromatic rings. The van der Waals surface area contributed by atoms with Crippen LogP contribution < -0.4 is 15.0 Å². The zero-order valence-corrected chi connectivity index (χ0v) is 34.8. The average molecular weight is 824 g/mol. The summed E-state index contributed by atoms with van der Waals surface area (Å²) in [7, 11) is 0. The average Bonchev–Trinajstić information content (AvgIpc) is 3.78. The first-order valence-electron chi connectivity index (χ1n) is 21.4. The molecule has 9 rings (SSSR count). The Balaban J connectivity index is 0.758. The lowest BCUT2D eigenvalue weighted by atomic mass is 9.70. The van der Waals surface area contributed by atoms with E-state index in [0.29, 0.717) is 48.8 Å².